The van der Waals surface area contributed by atoms with Crippen LogP contribution in [0.4, 0.5) is 5.82 Å². The van der Waals surface area contributed by atoms with E-state index in [2.05, 4.69) is 15.5 Å². The Hall–Kier alpha value is -3.46. The van der Waals surface area contributed by atoms with Crippen molar-refractivity contribution < 1.29 is 19.4 Å². The first-order chi connectivity index (χ1) is 23.7. The first kappa shape index (κ1) is 34.0. The lowest BCUT2D eigenvalue weighted by Crippen LogP contribution is -2.51. The third-order valence-electron chi connectivity index (χ3n) is 10.1. The predicted molar refractivity (Wildman–Crippen MR) is 189 cm³/mol. The lowest BCUT2D eigenvalue weighted by atomic mass is 9.73. The second kappa shape index (κ2) is 14.4. The number of piperidine rings is 2. The van der Waals surface area contributed by atoms with E-state index in [-0.39, 0.29) is 42.7 Å². The highest BCUT2D eigenvalue weighted by Crippen LogP contribution is 2.43. The van der Waals surface area contributed by atoms with Gasteiger partial charge in [0.2, 0.25) is 0 Å². The number of aromatic nitrogens is 4. The molecule has 2 atom stereocenters. The topological polar surface area (TPSA) is 152 Å². The number of nitrogens with zero attached hydrogens (tertiary/aromatic N) is 5. The van der Waals surface area contributed by atoms with Crippen molar-refractivity contribution in [2.24, 2.45) is 11.1 Å². The highest BCUT2D eigenvalue weighted by atomic mass is 35.5. The number of hydrogen-bond acceptors (Lipinski definition) is 11. The van der Waals surface area contributed by atoms with Crippen LogP contribution in [0.1, 0.15) is 44.0 Å². The third-order valence-corrected chi connectivity index (χ3v) is 11.7. The van der Waals surface area contributed by atoms with Gasteiger partial charge in [-0.25, -0.2) is 15.0 Å². The van der Waals surface area contributed by atoms with Crippen molar-refractivity contribution in [2.75, 3.05) is 44.3 Å². The van der Waals surface area contributed by atoms with Gasteiger partial charge >= 0.3 is 0 Å². The number of carbonyl (C=O) groups excluding carboxylic acids is 1. The van der Waals surface area contributed by atoms with Gasteiger partial charge in [0.15, 0.2) is 18.1 Å². The number of pyridine rings is 1. The summed E-state index contributed by atoms with van der Waals surface area (Å²) in [5.41, 5.74) is 10.1. The summed E-state index contributed by atoms with van der Waals surface area (Å²) in [5, 5.41) is 17.8. The Kier molecular flexibility index (Phi) is 10.0. The van der Waals surface area contributed by atoms with Gasteiger partial charge in [0, 0.05) is 53.4 Å². The van der Waals surface area contributed by atoms with Crippen LogP contribution < -0.4 is 26.0 Å². The van der Waals surface area contributed by atoms with Crippen LogP contribution >= 0.6 is 23.4 Å². The van der Waals surface area contributed by atoms with Crippen LogP contribution in [0.15, 0.2) is 52.6 Å². The zero-order valence-corrected chi connectivity index (χ0v) is 29.4. The number of anilines is 1. The van der Waals surface area contributed by atoms with E-state index in [1.54, 1.807) is 0 Å². The zero-order valence-electron chi connectivity index (χ0n) is 27.8. The molecule has 260 valence electrons. The van der Waals surface area contributed by atoms with Crippen molar-refractivity contribution in [1.82, 2.24) is 30.0 Å². The number of carbonyl (C=O) groups is 1. The first-order valence-corrected chi connectivity index (χ1v) is 18.1. The molecule has 14 heteroatoms. The summed E-state index contributed by atoms with van der Waals surface area (Å²) < 4.78 is 13.5. The van der Waals surface area contributed by atoms with E-state index < -0.39 is 0 Å². The van der Waals surface area contributed by atoms with Crippen molar-refractivity contribution in [3.05, 3.63) is 59.1 Å². The number of aliphatic hydroxyl groups is 1. The maximum atomic E-state index is 12.3. The summed E-state index contributed by atoms with van der Waals surface area (Å²) in [5.74, 6) is 1.22. The molecule has 3 fully saturated rings. The minimum atomic E-state index is -0.219. The summed E-state index contributed by atoms with van der Waals surface area (Å²) >= 11 is 8.33. The molecular weight excluding hydrogens is 664 g/mol. The maximum absolute atomic E-state index is 12.3. The average molecular weight is 707 g/mol. The average Bonchev–Trinajstić information content (AvgIpc) is 3.68. The molecule has 5 N–H and O–H groups in total. The zero-order chi connectivity index (χ0) is 34.1. The largest absolute Gasteiger partial charge is 0.484 e. The van der Waals surface area contributed by atoms with Crippen LogP contribution in [0.2, 0.25) is 5.02 Å². The monoisotopic (exact) mass is 706 g/mol. The number of aliphatic hydroxyl groups excluding tert-OH is 1. The SMILES string of the molecule is Cc1nc(N2CCC3(CC2)CO[C@@H](C)[C@H]3N)c(CO)nc1Sc1ccn2cc(-c3ccc(OCC(=O)NC4CCNCC4)cc3)nc2c1Cl. The lowest BCUT2D eigenvalue weighted by Gasteiger charge is -2.42. The van der Waals surface area contributed by atoms with E-state index in [4.69, 9.17) is 41.8 Å². The molecule has 7 rings (SSSR count). The Balaban J connectivity index is 1.02. The van der Waals surface area contributed by atoms with Gasteiger partial charge in [-0.05, 0) is 83.0 Å². The number of rotatable bonds is 9. The highest BCUT2D eigenvalue weighted by Gasteiger charge is 2.47. The molecule has 49 heavy (non-hydrogen) atoms. The smallest absolute Gasteiger partial charge is 0.258 e. The number of amides is 1. The molecule has 3 aromatic heterocycles. The van der Waals surface area contributed by atoms with Gasteiger partial charge in [0.1, 0.15) is 16.5 Å². The van der Waals surface area contributed by atoms with Gasteiger partial charge in [-0.3, -0.25) is 4.79 Å². The number of ether oxygens (including phenoxy) is 2. The summed E-state index contributed by atoms with van der Waals surface area (Å²) in [4.78, 5) is 29.9. The van der Waals surface area contributed by atoms with Gasteiger partial charge in [-0.2, -0.15) is 0 Å². The van der Waals surface area contributed by atoms with Crippen LogP contribution in [-0.2, 0) is 16.1 Å². The molecule has 1 spiro atoms. The summed E-state index contributed by atoms with van der Waals surface area (Å²) in [6.45, 7) is 7.84. The highest BCUT2D eigenvalue weighted by molar-refractivity contribution is 7.99. The molecule has 4 aromatic rings. The van der Waals surface area contributed by atoms with E-state index in [1.807, 2.05) is 61.0 Å². The second-order valence-electron chi connectivity index (χ2n) is 13.3. The molecule has 0 aliphatic carbocycles. The quantitative estimate of drug-likeness (QED) is 0.200. The molecule has 1 aromatic carbocycles. The molecule has 3 saturated heterocycles. The molecule has 0 saturated carbocycles. The van der Waals surface area contributed by atoms with Gasteiger partial charge in [-0.1, -0.05) is 23.4 Å². The summed E-state index contributed by atoms with van der Waals surface area (Å²) in [6.07, 6.45) is 7.61. The molecule has 0 bridgehead atoms. The van der Waals surface area contributed by atoms with Crippen molar-refractivity contribution in [1.29, 1.82) is 0 Å². The minimum Gasteiger partial charge on any atom is -0.484 e. The van der Waals surface area contributed by atoms with Crippen LogP contribution in [0.5, 0.6) is 5.75 Å². The first-order valence-electron chi connectivity index (χ1n) is 16.9. The fourth-order valence-electron chi connectivity index (χ4n) is 7.05. The number of benzene rings is 1. The van der Waals surface area contributed by atoms with E-state index in [0.717, 1.165) is 79.5 Å². The van der Waals surface area contributed by atoms with Crippen molar-refractivity contribution in [3.63, 3.8) is 0 Å². The number of nitrogens with one attached hydrogen (secondary N) is 2. The van der Waals surface area contributed by atoms with Crippen LogP contribution in [0, 0.1) is 12.3 Å². The van der Waals surface area contributed by atoms with Crippen LogP contribution in [0.25, 0.3) is 16.9 Å². The van der Waals surface area contributed by atoms with E-state index in [0.29, 0.717) is 33.7 Å². The Morgan fingerprint density at radius 3 is 2.63 bits per heavy atom. The molecule has 0 radical (unpaired) electrons. The van der Waals surface area contributed by atoms with Gasteiger partial charge in [0.05, 0.1) is 35.7 Å². The summed E-state index contributed by atoms with van der Waals surface area (Å²) in [6, 6.07) is 9.67. The Labute approximate surface area is 295 Å². The van der Waals surface area contributed by atoms with Crippen LogP contribution in [-0.4, -0.2) is 87.9 Å². The second-order valence-corrected chi connectivity index (χ2v) is 14.7. The van der Waals surface area contributed by atoms with Crippen molar-refractivity contribution >= 4 is 40.7 Å². The fraction of sp³-hybridized carbons (Fsp3) is 0.486. The third kappa shape index (κ3) is 7.10. The van der Waals surface area contributed by atoms with E-state index in [9.17, 15) is 9.90 Å². The number of nitrogens with two attached hydrogens (primary N) is 1. The summed E-state index contributed by atoms with van der Waals surface area (Å²) in [7, 11) is 0. The molecule has 3 aliphatic heterocycles. The predicted octanol–water partition coefficient (Wildman–Crippen LogP) is 3.98. The molecule has 3 aliphatic rings. The van der Waals surface area contributed by atoms with Crippen LogP contribution in [0.3, 0.4) is 0 Å². The van der Waals surface area contributed by atoms with E-state index in [1.165, 1.54) is 11.8 Å². The van der Waals surface area contributed by atoms with Crippen molar-refractivity contribution in [3.8, 4) is 17.0 Å². The number of hydrogen-bond donors (Lipinski definition) is 4. The normalized spacial score (nSPS) is 21.0. The Bertz CT molecular complexity index is 1810. The fourth-order valence-corrected chi connectivity index (χ4v) is 8.23. The number of halogens is 1. The number of aryl methyl sites for hydroxylation is 1. The van der Waals surface area contributed by atoms with Gasteiger partial charge in [-0.15, -0.1) is 0 Å². The van der Waals surface area contributed by atoms with Gasteiger partial charge < -0.3 is 40.2 Å². The molecule has 1 amide bonds. The van der Waals surface area contributed by atoms with Gasteiger partial charge in [0.25, 0.3) is 5.91 Å². The van der Waals surface area contributed by atoms with E-state index >= 15 is 0 Å². The molecule has 12 nitrogen and oxygen atoms in total. The molecular formula is C35H43ClN8O4S. The minimum absolute atomic E-state index is 0.000927. The Morgan fingerprint density at radius 1 is 1.18 bits per heavy atom. The molecule has 6 heterocycles. The standard InChI is InChI=1S/C35H43ClN8O4S/c1-21-34(42-27(18-45)32(39-21)43-15-10-35(11-16-43)20-48-22(2)31(35)37)49-28-9-14-44-17-26(41-33(44)30(28)36)23-3-5-25(6-4-23)47-19-29(46)40-24-7-12-38-13-8-24/h3-6,9,14,17,22,24,31,38,45H,7-8,10-13,15-16,18-20,37H2,1-2H3,(H,40,46)/t22-,31+/m0/s1. The number of fused-ring (bicyclic) bond motifs is 1. The number of imidazole rings is 1. The molecule has 0 unspecified atom stereocenters. The Morgan fingerprint density at radius 2 is 1.94 bits per heavy atom. The van der Waals surface area contributed by atoms with Crippen molar-refractivity contribution in [2.45, 2.75) is 74.2 Å². The lowest BCUT2D eigenvalue weighted by molar-refractivity contribution is -0.123. The maximum Gasteiger partial charge on any atom is 0.258 e.